The lowest BCUT2D eigenvalue weighted by molar-refractivity contribution is 0.121. The fraction of sp³-hybridized carbons (Fsp3) is 0.688. The molecule has 132 valence electrons. The largest absolute Gasteiger partial charge is 0.450 e. The fourth-order valence-electron chi connectivity index (χ4n) is 2.66. The van der Waals surface area contributed by atoms with Crippen molar-refractivity contribution in [2.24, 2.45) is 0 Å². The Morgan fingerprint density at radius 3 is 2.83 bits per heavy atom. The molecule has 1 aromatic heterocycles. The van der Waals surface area contributed by atoms with Gasteiger partial charge in [-0.05, 0) is 33.6 Å². The molecular weight excluding hydrogens is 344 g/mol. The number of carbonyl (C=O) groups excluding carboxylic acids is 1. The summed E-state index contributed by atoms with van der Waals surface area (Å²) >= 11 is 2.86. The molecule has 24 heavy (non-hydrogen) atoms. The summed E-state index contributed by atoms with van der Waals surface area (Å²) in [6.07, 6.45) is 3.35. The van der Waals surface area contributed by atoms with Gasteiger partial charge in [0.2, 0.25) is 5.13 Å². The topological polar surface area (TPSA) is 67.3 Å². The van der Waals surface area contributed by atoms with Crippen LogP contribution in [0.2, 0.25) is 0 Å². The number of hydrogen-bond acceptors (Lipinski definition) is 7. The number of nitrogens with zero attached hydrogens (tertiary/aromatic N) is 3. The van der Waals surface area contributed by atoms with Crippen molar-refractivity contribution in [2.45, 2.75) is 56.5 Å². The van der Waals surface area contributed by atoms with E-state index in [9.17, 15) is 4.79 Å². The van der Waals surface area contributed by atoms with Gasteiger partial charge in [-0.15, -0.1) is 10.2 Å². The number of hydrogen-bond donors (Lipinski definition) is 1. The van der Waals surface area contributed by atoms with Gasteiger partial charge in [0.15, 0.2) is 4.34 Å². The first kappa shape index (κ1) is 19.0. The number of carbonyl (C=O) groups is 1. The molecule has 1 aliphatic heterocycles. The molecule has 8 heteroatoms. The van der Waals surface area contributed by atoms with Crippen molar-refractivity contribution in [3.8, 4) is 11.8 Å². The van der Waals surface area contributed by atoms with Crippen LogP contribution in [0, 0.1) is 11.8 Å². The third kappa shape index (κ3) is 5.96. The molecule has 1 aromatic rings. The number of nitrogens with one attached hydrogen (secondary N) is 1. The van der Waals surface area contributed by atoms with E-state index < -0.39 is 6.09 Å². The zero-order chi connectivity index (χ0) is 17.4. The first-order chi connectivity index (χ1) is 11.6. The number of ether oxygens (including phenoxy) is 1. The van der Waals surface area contributed by atoms with E-state index >= 15 is 0 Å². The summed E-state index contributed by atoms with van der Waals surface area (Å²) in [6, 6.07) is 1.24. The molecule has 0 aromatic carbocycles. The predicted molar refractivity (Wildman–Crippen MR) is 98.5 cm³/mol. The minimum absolute atomic E-state index is 0.329. The van der Waals surface area contributed by atoms with Gasteiger partial charge in [-0.2, -0.15) is 0 Å². The number of anilines is 1. The van der Waals surface area contributed by atoms with Crippen molar-refractivity contribution < 1.29 is 9.53 Å². The molecule has 0 saturated carbocycles. The van der Waals surface area contributed by atoms with Crippen molar-refractivity contribution in [3.63, 3.8) is 0 Å². The van der Waals surface area contributed by atoms with E-state index in [-0.39, 0.29) is 0 Å². The van der Waals surface area contributed by atoms with E-state index in [2.05, 4.69) is 46.1 Å². The standard InChI is InChI=1S/C16H24N4O2S2/c1-4-22-15(21)17-14-18-19-16(24-14)23-11-6-5-10-20-12(2)8-7-9-13(20)3/h12-13H,4,7-11H2,1-3H3,(H,17,18,21). The van der Waals surface area contributed by atoms with Crippen molar-refractivity contribution in [2.75, 3.05) is 24.2 Å². The van der Waals surface area contributed by atoms with Crippen LogP contribution in [0.3, 0.4) is 0 Å². The molecule has 1 N–H and O–H groups in total. The highest BCUT2D eigenvalue weighted by Crippen LogP contribution is 2.25. The van der Waals surface area contributed by atoms with Gasteiger partial charge in [-0.1, -0.05) is 41.4 Å². The zero-order valence-electron chi connectivity index (χ0n) is 14.4. The lowest BCUT2D eigenvalue weighted by atomic mass is 9.98. The first-order valence-electron chi connectivity index (χ1n) is 8.21. The Kier molecular flexibility index (Phi) is 7.82. The Morgan fingerprint density at radius 1 is 1.38 bits per heavy atom. The maximum absolute atomic E-state index is 11.3. The molecule has 0 bridgehead atoms. The molecule has 1 fully saturated rings. The van der Waals surface area contributed by atoms with Gasteiger partial charge >= 0.3 is 6.09 Å². The quantitative estimate of drug-likeness (QED) is 0.488. The second kappa shape index (κ2) is 9.87. The number of amides is 1. The maximum atomic E-state index is 11.3. The highest BCUT2D eigenvalue weighted by Gasteiger charge is 2.23. The van der Waals surface area contributed by atoms with Crippen molar-refractivity contribution in [1.82, 2.24) is 15.1 Å². The summed E-state index contributed by atoms with van der Waals surface area (Å²) in [5, 5.41) is 10.9. The average molecular weight is 369 g/mol. The van der Waals surface area contributed by atoms with Crippen LogP contribution in [0.15, 0.2) is 4.34 Å². The number of likely N-dealkylation sites (tertiary alicyclic amines) is 1. The maximum Gasteiger partial charge on any atom is 0.413 e. The van der Waals surface area contributed by atoms with E-state index in [0.29, 0.717) is 29.6 Å². The third-order valence-corrected chi connectivity index (χ3v) is 5.78. The summed E-state index contributed by atoms with van der Waals surface area (Å²) in [5.74, 6) is 7.13. The first-order valence-corrected chi connectivity index (χ1v) is 10.0. The van der Waals surface area contributed by atoms with Gasteiger partial charge in [-0.25, -0.2) is 4.79 Å². The highest BCUT2D eigenvalue weighted by molar-refractivity contribution is 8.01. The third-order valence-electron chi connectivity index (χ3n) is 3.92. The number of aromatic nitrogens is 2. The summed E-state index contributed by atoms with van der Waals surface area (Å²) in [7, 11) is 0. The predicted octanol–water partition coefficient (Wildman–Crippen LogP) is 3.46. The smallest absolute Gasteiger partial charge is 0.413 e. The summed E-state index contributed by atoms with van der Waals surface area (Å²) in [5.41, 5.74) is 0. The number of rotatable bonds is 5. The van der Waals surface area contributed by atoms with E-state index in [1.54, 1.807) is 6.92 Å². The molecule has 0 aliphatic carbocycles. The normalized spacial score (nSPS) is 21.0. The molecule has 6 nitrogen and oxygen atoms in total. The highest BCUT2D eigenvalue weighted by atomic mass is 32.2. The molecule has 1 saturated heterocycles. The lowest BCUT2D eigenvalue weighted by Gasteiger charge is -2.37. The molecule has 0 spiro atoms. The Balaban J connectivity index is 1.73. The number of piperidine rings is 1. The molecule has 2 unspecified atom stereocenters. The average Bonchev–Trinajstić information content (AvgIpc) is 2.97. The molecule has 2 rings (SSSR count). The van der Waals surface area contributed by atoms with Crippen LogP contribution in [0.1, 0.15) is 40.0 Å². The van der Waals surface area contributed by atoms with Crippen LogP contribution < -0.4 is 5.32 Å². The van der Waals surface area contributed by atoms with E-state index in [1.807, 2.05) is 0 Å². The van der Waals surface area contributed by atoms with Gasteiger partial charge in [0.1, 0.15) is 0 Å². The Bertz CT molecular complexity index is 586. The van der Waals surface area contributed by atoms with E-state index in [0.717, 1.165) is 10.9 Å². The van der Waals surface area contributed by atoms with Crippen LogP contribution in [0.5, 0.6) is 0 Å². The summed E-state index contributed by atoms with van der Waals surface area (Å²) in [4.78, 5) is 13.8. The van der Waals surface area contributed by atoms with Crippen molar-refractivity contribution in [1.29, 1.82) is 0 Å². The van der Waals surface area contributed by atoms with Gasteiger partial charge < -0.3 is 4.74 Å². The molecule has 2 heterocycles. The summed E-state index contributed by atoms with van der Waals surface area (Å²) in [6.45, 7) is 7.48. The minimum atomic E-state index is -0.505. The Hall–Kier alpha value is -1.30. The van der Waals surface area contributed by atoms with Crippen LogP contribution in [-0.4, -0.2) is 52.2 Å². The van der Waals surface area contributed by atoms with Crippen LogP contribution in [0.4, 0.5) is 9.93 Å². The molecule has 0 radical (unpaired) electrons. The second-order valence-corrected chi connectivity index (χ2v) is 7.86. The number of thioether (sulfide) groups is 1. The summed E-state index contributed by atoms with van der Waals surface area (Å²) < 4.78 is 5.59. The van der Waals surface area contributed by atoms with Crippen molar-refractivity contribution in [3.05, 3.63) is 0 Å². The van der Waals surface area contributed by atoms with Gasteiger partial charge in [0.05, 0.1) is 18.9 Å². The van der Waals surface area contributed by atoms with E-state index in [4.69, 9.17) is 4.74 Å². The Labute approximate surface area is 151 Å². The minimum Gasteiger partial charge on any atom is -0.450 e. The molecule has 2 atom stereocenters. The van der Waals surface area contributed by atoms with Crippen LogP contribution in [0.25, 0.3) is 0 Å². The fourth-order valence-corrected chi connectivity index (χ4v) is 4.16. The molecule has 1 aliphatic rings. The van der Waals surface area contributed by atoms with Crippen LogP contribution >= 0.6 is 23.1 Å². The van der Waals surface area contributed by atoms with Gasteiger partial charge in [-0.3, -0.25) is 10.2 Å². The monoisotopic (exact) mass is 368 g/mol. The van der Waals surface area contributed by atoms with Gasteiger partial charge in [0.25, 0.3) is 0 Å². The second-order valence-electron chi connectivity index (χ2n) is 5.66. The molecule has 1 amide bonds. The lowest BCUT2D eigenvalue weighted by Crippen LogP contribution is -2.43. The Morgan fingerprint density at radius 2 is 2.12 bits per heavy atom. The van der Waals surface area contributed by atoms with Gasteiger partial charge in [0, 0.05) is 12.1 Å². The SMILES string of the molecule is CCOC(=O)Nc1nnc(SCC#CCN2C(C)CCCC2C)s1. The van der Waals surface area contributed by atoms with Crippen LogP contribution in [-0.2, 0) is 4.74 Å². The zero-order valence-corrected chi connectivity index (χ0v) is 16.0. The van der Waals surface area contributed by atoms with E-state index in [1.165, 1.54) is 42.4 Å². The van der Waals surface area contributed by atoms with Crippen molar-refractivity contribution >= 4 is 34.3 Å². The molecular formula is C16H24N4O2S2.